The molecular formula is C12H12BrFO3. The maximum absolute atomic E-state index is 13.8. The Balaban J connectivity index is 3.24. The number of halogens is 2. The molecule has 0 atom stereocenters. The molecule has 1 aromatic carbocycles. The maximum Gasteiger partial charge on any atom is 0.379 e. The number of ketones is 1. The molecule has 0 saturated carbocycles. The van der Waals surface area contributed by atoms with Gasteiger partial charge in [0.25, 0.3) is 5.78 Å². The summed E-state index contributed by atoms with van der Waals surface area (Å²) in [6.07, 6.45) is 0. The number of hydrogen-bond donors (Lipinski definition) is 0. The van der Waals surface area contributed by atoms with E-state index in [-0.39, 0.29) is 12.2 Å². The monoisotopic (exact) mass is 302 g/mol. The zero-order valence-electron chi connectivity index (χ0n) is 9.77. The molecule has 0 unspecified atom stereocenters. The van der Waals surface area contributed by atoms with E-state index in [1.807, 2.05) is 0 Å². The van der Waals surface area contributed by atoms with Crippen molar-refractivity contribution in [3.05, 3.63) is 33.0 Å². The molecule has 0 amide bonds. The first-order chi connectivity index (χ1) is 7.90. The molecule has 92 valence electrons. The Morgan fingerprint density at radius 3 is 2.47 bits per heavy atom. The lowest BCUT2D eigenvalue weighted by atomic mass is 10.0. The van der Waals surface area contributed by atoms with Gasteiger partial charge in [-0.3, -0.25) is 4.79 Å². The normalized spacial score (nSPS) is 10.2. The Morgan fingerprint density at radius 2 is 1.94 bits per heavy atom. The number of carbonyl (C=O) groups is 2. The Kier molecular flexibility index (Phi) is 4.40. The third kappa shape index (κ3) is 2.72. The minimum absolute atomic E-state index is 0.0816. The molecule has 0 bridgehead atoms. The van der Waals surface area contributed by atoms with E-state index in [2.05, 4.69) is 20.7 Å². The molecule has 0 aliphatic heterocycles. The number of carbonyl (C=O) groups excluding carboxylic acids is 2. The molecule has 0 spiro atoms. The summed E-state index contributed by atoms with van der Waals surface area (Å²) >= 11 is 3.22. The fourth-order valence-electron chi connectivity index (χ4n) is 1.32. The molecule has 3 nitrogen and oxygen atoms in total. The highest BCUT2D eigenvalue weighted by Crippen LogP contribution is 2.25. The molecule has 0 heterocycles. The first-order valence-corrected chi connectivity index (χ1v) is 5.86. The van der Waals surface area contributed by atoms with Crippen molar-refractivity contribution in [2.75, 3.05) is 6.61 Å². The van der Waals surface area contributed by atoms with Gasteiger partial charge in [-0.15, -0.1) is 0 Å². The highest BCUT2D eigenvalue weighted by atomic mass is 79.9. The second-order valence-corrected chi connectivity index (χ2v) is 4.37. The average molecular weight is 303 g/mol. The number of benzene rings is 1. The molecule has 0 aromatic heterocycles. The standard InChI is InChI=1S/C12H12BrFO3/c1-4-17-12(16)11(15)8-5-9(13)6(2)7(3)10(8)14/h5H,4H2,1-3H3. The van der Waals surface area contributed by atoms with E-state index < -0.39 is 17.6 Å². The van der Waals surface area contributed by atoms with Gasteiger partial charge >= 0.3 is 5.97 Å². The van der Waals surface area contributed by atoms with Gasteiger partial charge in [0.05, 0.1) is 12.2 Å². The molecule has 0 N–H and O–H groups in total. The Labute approximate surface area is 107 Å². The molecule has 0 fully saturated rings. The lowest BCUT2D eigenvalue weighted by molar-refractivity contribution is -0.137. The van der Waals surface area contributed by atoms with Crippen LogP contribution in [0, 0.1) is 19.7 Å². The summed E-state index contributed by atoms with van der Waals surface area (Å²) < 4.78 is 19.0. The third-order valence-electron chi connectivity index (χ3n) is 2.46. The van der Waals surface area contributed by atoms with Crippen LogP contribution in [0.2, 0.25) is 0 Å². The van der Waals surface area contributed by atoms with Gasteiger partial charge < -0.3 is 4.74 Å². The third-order valence-corrected chi connectivity index (χ3v) is 3.29. The van der Waals surface area contributed by atoms with E-state index in [1.165, 1.54) is 6.07 Å². The van der Waals surface area contributed by atoms with E-state index in [9.17, 15) is 14.0 Å². The van der Waals surface area contributed by atoms with Crippen molar-refractivity contribution < 1.29 is 18.7 Å². The van der Waals surface area contributed by atoms with Crippen LogP contribution in [0.1, 0.15) is 28.4 Å². The fourth-order valence-corrected chi connectivity index (χ4v) is 1.84. The van der Waals surface area contributed by atoms with Crippen molar-refractivity contribution in [2.24, 2.45) is 0 Å². The van der Waals surface area contributed by atoms with Gasteiger partial charge in [-0.25, -0.2) is 9.18 Å². The second-order valence-electron chi connectivity index (χ2n) is 3.52. The summed E-state index contributed by atoms with van der Waals surface area (Å²) in [5.74, 6) is -2.68. The summed E-state index contributed by atoms with van der Waals surface area (Å²) in [5.41, 5.74) is 0.772. The molecule has 17 heavy (non-hydrogen) atoms. The first kappa shape index (κ1) is 13.8. The smallest absolute Gasteiger partial charge is 0.379 e. The Morgan fingerprint density at radius 1 is 1.35 bits per heavy atom. The minimum atomic E-state index is -1.04. The highest BCUT2D eigenvalue weighted by molar-refractivity contribution is 9.10. The zero-order chi connectivity index (χ0) is 13.2. The predicted molar refractivity (Wildman–Crippen MR) is 64.5 cm³/mol. The lowest BCUT2D eigenvalue weighted by Crippen LogP contribution is -2.19. The van der Waals surface area contributed by atoms with E-state index >= 15 is 0 Å². The zero-order valence-corrected chi connectivity index (χ0v) is 11.4. The molecule has 5 heteroatoms. The SMILES string of the molecule is CCOC(=O)C(=O)c1cc(Br)c(C)c(C)c1F. The molecule has 0 aliphatic rings. The van der Waals surface area contributed by atoms with Crippen molar-refractivity contribution >= 4 is 27.7 Å². The number of ether oxygens (including phenoxy) is 1. The van der Waals surface area contributed by atoms with Gasteiger partial charge in [-0.1, -0.05) is 15.9 Å². The molecular weight excluding hydrogens is 291 g/mol. The van der Waals surface area contributed by atoms with Gasteiger partial charge in [0, 0.05) is 4.47 Å². The van der Waals surface area contributed by atoms with E-state index in [0.717, 1.165) is 0 Å². The van der Waals surface area contributed by atoms with Crippen LogP contribution >= 0.6 is 15.9 Å². The summed E-state index contributed by atoms with van der Waals surface area (Å²) in [4.78, 5) is 22.9. The van der Waals surface area contributed by atoms with Gasteiger partial charge in [0.15, 0.2) is 0 Å². The number of rotatable bonds is 3. The van der Waals surface area contributed by atoms with E-state index in [4.69, 9.17) is 0 Å². The molecule has 0 saturated heterocycles. The first-order valence-electron chi connectivity index (χ1n) is 5.06. The number of Topliss-reactive ketones (excluding diaryl/α,β-unsaturated/α-hetero) is 1. The predicted octanol–water partition coefficient (Wildman–Crippen LogP) is 2.95. The van der Waals surface area contributed by atoms with Crippen LogP contribution in [0.4, 0.5) is 4.39 Å². The van der Waals surface area contributed by atoms with Crippen LogP contribution in [0.15, 0.2) is 10.5 Å². The van der Waals surface area contributed by atoms with Crippen LogP contribution < -0.4 is 0 Å². The van der Waals surface area contributed by atoms with Gasteiger partial charge in [0.2, 0.25) is 0 Å². The van der Waals surface area contributed by atoms with Crippen LogP contribution in [-0.4, -0.2) is 18.4 Å². The summed E-state index contributed by atoms with van der Waals surface area (Å²) in [6, 6.07) is 1.30. The van der Waals surface area contributed by atoms with E-state index in [0.29, 0.717) is 15.6 Å². The Bertz CT molecular complexity index is 483. The lowest BCUT2D eigenvalue weighted by Gasteiger charge is -2.09. The number of hydrogen-bond acceptors (Lipinski definition) is 3. The summed E-state index contributed by atoms with van der Waals surface area (Å²) in [5, 5.41) is 0. The fraction of sp³-hybridized carbons (Fsp3) is 0.333. The Hall–Kier alpha value is -1.23. The van der Waals surface area contributed by atoms with Crippen molar-refractivity contribution in [3.63, 3.8) is 0 Å². The average Bonchev–Trinajstić information content (AvgIpc) is 2.30. The molecule has 0 aliphatic carbocycles. The summed E-state index contributed by atoms with van der Waals surface area (Å²) in [7, 11) is 0. The minimum Gasteiger partial charge on any atom is -0.460 e. The van der Waals surface area contributed by atoms with Crippen molar-refractivity contribution in [2.45, 2.75) is 20.8 Å². The van der Waals surface area contributed by atoms with Crippen LogP contribution in [-0.2, 0) is 9.53 Å². The topological polar surface area (TPSA) is 43.4 Å². The maximum atomic E-state index is 13.8. The summed E-state index contributed by atoms with van der Waals surface area (Å²) in [6.45, 7) is 4.94. The highest BCUT2D eigenvalue weighted by Gasteiger charge is 2.23. The second kappa shape index (κ2) is 5.40. The number of esters is 1. The van der Waals surface area contributed by atoms with Crippen LogP contribution in [0.5, 0.6) is 0 Å². The van der Waals surface area contributed by atoms with Gasteiger partial charge in [0.1, 0.15) is 5.82 Å². The van der Waals surface area contributed by atoms with Crippen molar-refractivity contribution in [3.8, 4) is 0 Å². The van der Waals surface area contributed by atoms with Crippen LogP contribution in [0.25, 0.3) is 0 Å². The van der Waals surface area contributed by atoms with E-state index in [1.54, 1.807) is 20.8 Å². The van der Waals surface area contributed by atoms with Crippen molar-refractivity contribution in [1.29, 1.82) is 0 Å². The molecule has 1 aromatic rings. The van der Waals surface area contributed by atoms with Crippen LogP contribution in [0.3, 0.4) is 0 Å². The molecule has 1 rings (SSSR count). The van der Waals surface area contributed by atoms with Crippen molar-refractivity contribution in [1.82, 2.24) is 0 Å². The van der Waals surface area contributed by atoms with Gasteiger partial charge in [-0.05, 0) is 38.0 Å². The van der Waals surface area contributed by atoms with Gasteiger partial charge in [-0.2, -0.15) is 0 Å². The quantitative estimate of drug-likeness (QED) is 0.490. The largest absolute Gasteiger partial charge is 0.460 e. The molecule has 0 radical (unpaired) electrons.